The molecule has 0 amide bonds. The third-order valence-electron chi connectivity index (χ3n) is 4.00. The predicted octanol–water partition coefficient (Wildman–Crippen LogP) is 3.40. The van der Waals surface area contributed by atoms with Gasteiger partial charge in [0, 0.05) is 35.3 Å². The maximum absolute atomic E-state index is 14.0. The molecule has 0 saturated heterocycles. The molecule has 0 radical (unpaired) electrons. The highest BCUT2D eigenvalue weighted by atomic mass is 35.7. The number of benzene rings is 1. The Bertz CT molecular complexity index is 863. The zero-order valence-corrected chi connectivity index (χ0v) is 12.6. The quantitative estimate of drug-likeness (QED) is 0.809. The zero-order valence-electron chi connectivity index (χ0n) is 11.0. The largest absolute Gasteiger partial charge is 0.345 e. The van der Waals surface area contributed by atoms with E-state index in [2.05, 4.69) is 6.07 Å². The van der Waals surface area contributed by atoms with Gasteiger partial charge >= 0.3 is 0 Å². The topological polar surface area (TPSA) is 62.9 Å². The van der Waals surface area contributed by atoms with Crippen LogP contribution in [0.5, 0.6) is 0 Å². The van der Waals surface area contributed by atoms with E-state index in [4.69, 9.17) is 15.9 Å². The van der Waals surface area contributed by atoms with Crippen LogP contribution in [0.25, 0.3) is 10.9 Å². The standard InChI is InChI=1S/C14H12ClFN2O2S/c15-21(19,20)12-8-18(9-14(4-5-14)6-7-17)11-3-1-2-10(16)13(11)12/h1-3,8H,4-6,9H2. The monoisotopic (exact) mass is 326 g/mol. The van der Waals surface area contributed by atoms with Crippen LogP contribution in [0.3, 0.4) is 0 Å². The maximum Gasteiger partial charge on any atom is 0.263 e. The van der Waals surface area contributed by atoms with Gasteiger partial charge in [0.15, 0.2) is 0 Å². The summed E-state index contributed by atoms with van der Waals surface area (Å²) in [5, 5.41) is 8.89. The molecule has 1 aliphatic carbocycles. The Labute approximate surface area is 126 Å². The highest BCUT2D eigenvalue weighted by molar-refractivity contribution is 8.14. The molecule has 7 heteroatoms. The van der Waals surface area contributed by atoms with E-state index in [9.17, 15) is 12.8 Å². The van der Waals surface area contributed by atoms with Crippen LogP contribution in [0.4, 0.5) is 4.39 Å². The second-order valence-corrected chi connectivity index (χ2v) is 8.06. The molecule has 21 heavy (non-hydrogen) atoms. The van der Waals surface area contributed by atoms with Gasteiger partial charge in [0.05, 0.1) is 17.0 Å². The third-order valence-corrected chi connectivity index (χ3v) is 5.33. The van der Waals surface area contributed by atoms with E-state index in [1.807, 2.05) is 0 Å². The van der Waals surface area contributed by atoms with Crippen LogP contribution < -0.4 is 0 Å². The summed E-state index contributed by atoms with van der Waals surface area (Å²) >= 11 is 0. The van der Waals surface area contributed by atoms with E-state index in [1.54, 1.807) is 10.6 Å². The third kappa shape index (κ3) is 2.52. The lowest BCUT2D eigenvalue weighted by molar-refractivity contribution is 0.438. The molecule has 2 aromatic rings. The van der Waals surface area contributed by atoms with Gasteiger partial charge in [-0.1, -0.05) is 6.07 Å². The minimum absolute atomic E-state index is 0.0141. The SMILES string of the molecule is N#CCC1(Cn2cc(S(=O)(=O)Cl)c3c(F)cccc32)CC1. The van der Waals surface area contributed by atoms with Gasteiger partial charge in [0.2, 0.25) is 0 Å². The second-order valence-electron chi connectivity index (χ2n) is 5.53. The summed E-state index contributed by atoms with van der Waals surface area (Å²) in [6.07, 6.45) is 3.61. The first kappa shape index (κ1) is 14.4. The van der Waals surface area contributed by atoms with Gasteiger partial charge in [0.1, 0.15) is 10.7 Å². The van der Waals surface area contributed by atoms with E-state index < -0.39 is 14.9 Å². The number of fused-ring (bicyclic) bond motifs is 1. The fraction of sp³-hybridized carbons (Fsp3) is 0.357. The van der Waals surface area contributed by atoms with Gasteiger partial charge in [-0.25, -0.2) is 12.8 Å². The smallest absolute Gasteiger partial charge is 0.263 e. The van der Waals surface area contributed by atoms with Gasteiger partial charge in [-0.3, -0.25) is 0 Å². The minimum Gasteiger partial charge on any atom is -0.345 e. The van der Waals surface area contributed by atoms with E-state index >= 15 is 0 Å². The van der Waals surface area contributed by atoms with Crippen LogP contribution in [-0.4, -0.2) is 13.0 Å². The van der Waals surface area contributed by atoms with Gasteiger partial charge < -0.3 is 4.57 Å². The average molecular weight is 327 g/mol. The lowest BCUT2D eigenvalue weighted by atomic mass is 10.0. The highest BCUT2D eigenvalue weighted by Gasteiger charge is 2.43. The Morgan fingerprint density at radius 2 is 2.14 bits per heavy atom. The molecule has 0 bridgehead atoms. The van der Waals surface area contributed by atoms with Gasteiger partial charge in [-0.2, -0.15) is 5.26 Å². The number of nitrogens with zero attached hydrogens (tertiary/aromatic N) is 2. The molecule has 110 valence electrons. The molecule has 0 N–H and O–H groups in total. The van der Waals surface area contributed by atoms with Crippen molar-refractivity contribution in [2.75, 3.05) is 0 Å². The van der Waals surface area contributed by atoms with E-state index in [0.29, 0.717) is 18.5 Å². The highest BCUT2D eigenvalue weighted by Crippen LogP contribution is 2.50. The fourth-order valence-corrected chi connectivity index (χ4v) is 3.73. The van der Waals surface area contributed by atoms with Gasteiger partial charge in [-0.05, 0) is 25.0 Å². The molecule has 1 saturated carbocycles. The Morgan fingerprint density at radius 3 is 2.71 bits per heavy atom. The zero-order chi connectivity index (χ0) is 15.3. The second kappa shape index (κ2) is 4.72. The number of hydrogen-bond acceptors (Lipinski definition) is 3. The number of hydrogen-bond donors (Lipinski definition) is 0. The number of rotatable bonds is 4. The molecular formula is C14H12ClFN2O2S. The van der Waals surface area contributed by atoms with Crippen LogP contribution in [0.1, 0.15) is 19.3 Å². The van der Waals surface area contributed by atoms with Crippen LogP contribution in [0, 0.1) is 22.6 Å². The first-order valence-electron chi connectivity index (χ1n) is 6.45. The van der Waals surface area contributed by atoms with Crippen molar-refractivity contribution in [1.29, 1.82) is 5.26 Å². The fourth-order valence-electron chi connectivity index (χ4n) is 2.68. The summed E-state index contributed by atoms with van der Waals surface area (Å²) in [6.45, 7) is 0.493. The summed E-state index contributed by atoms with van der Waals surface area (Å²) in [7, 11) is 1.38. The van der Waals surface area contributed by atoms with Crippen molar-refractivity contribution in [2.24, 2.45) is 5.41 Å². The first-order chi connectivity index (χ1) is 9.86. The summed E-state index contributed by atoms with van der Waals surface area (Å²) in [5.74, 6) is -0.615. The Balaban J connectivity index is 2.17. The van der Waals surface area contributed by atoms with E-state index in [0.717, 1.165) is 12.8 Å². The maximum atomic E-state index is 14.0. The molecule has 1 aromatic carbocycles. The number of halogens is 2. The Morgan fingerprint density at radius 1 is 1.43 bits per heavy atom. The van der Waals surface area contributed by atoms with Crippen molar-refractivity contribution in [2.45, 2.75) is 30.7 Å². The molecular weight excluding hydrogens is 315 g/mol. The summed E-state index contributed by atoms with van der Waals surface area (Å²) in [5.41, 5.74) is 0.360. The lowest BCUT2D eigenvalue weighted by Crippen LogP contribution is -2.10. The van der Waals surface area contributed by atoms with Crippen LogP contribution in [0.2, 0.25) is 0 Å². The van der Waals surface area contributed by atoms with E-state index in [-0.39, 0.29) is 15.7 Å². The number of nitriles is 1. The molecule has 1 fully saturated rings. The first-order valence-corrected chi connectivity index (χ1v) is 8.76. The Kier molecular flexibility index (Phi) is 3.23. The molecule has 1 aromatic heterocycles. The summed E-state index contributed by atoms with van der Waals surface area (Å²) in [4.78, 5) is -0.218. The van der Waals surface area contributed by atoms with Gasteiger partial charge in [-0.15, -0.1) is 0 Å². The summed E-state index contributed by atoms with van der Waals surface area (Å²) in [6, 6.07) is 6.55. The normalized spacial score (nSPS) is 16.8. The molecule has 1 aliphatic rings. The lowest BCUT2D eigenvalue weighted by Gasteiger charge is -2.13. The van der Waals surface area contributed by atoms with Crippen molar-refractivity contribution in [3.8, 4) is 6.07 Å². The molecule has 0 spiro atoms. The molecule has 3 rings (SSSR count). The Hall–Kier alpha value is -1.58. The average Bonchev–Trinajstić information content (AvgIpc) is 3.02. The molecule has 0 unspecified atom stereocenters. The van der Waals surface area contributed by atoms with Crippen LogP contribution >= 0.6 is 10.7 Å². The predicted molar refractivity (Wildman–Crippen MR) is 76.8 cm³/mol. The molecule has 0 aliphatic heterocycles. The van der Waals surface area contributed by atoms with E-state index in [1.165, 1.54) is 18.3 Å². The van der Waals surface area contributed by atoms with Gasteiger partial charge in [0.25, 0.3) is 9.05 Å². The number of aromatic nitrogens is 1. The van der Waals surface area contributed by atoms with Crippen molar-refractivity contribution < 1.29 is 12.8 Å². The van der Waals surface area contributed by atoms with Crippen molar-refractivity contribution >= 4 is 30.6 Å². The molecule has 4 nitrogen and oxygen atoms in total. The molecule has 1 heterocycles. The van der Waals surface area contributed by atoms with Crippen LogP contribution in [-0.2, 0) is 15.6 Å². The van der Waals surface area contributed by atoms with Crippen LogP contribution in [0.15, 0.2) is 29.3 Å². The van der Waals surface area contributed by atoms with Crippen molar-refractivity contribution in [3.05, 3.63) is 30.2 Å². The van der Waals surface area contributed by atoms with Crippen molar-refractivity contribution in [3.63, 3.8) is 0 Å². The minimum atomic E-state index is -4.03. The van der Waals surface area contributed by atoms with Crippen molar-refractivity contribution in [1.82, 2.24) is 4.57 Å². The summed E-state index contributed by atoms with van der Waals surface area (Å²) < 4.78 is 39.0. The molecule has 0 atom stereocenters.